The minimum absolute atomic E-state index is 0.0881. The van der Waals surface area contributed by atoms with Gasteiger partial charge in [-0.3, -0.25) is 4.79 Å². The summed E-state index contributed by atoms with van der Waals surface area (Å²) in [6.07, 6.45) is 0. The van der Waals surface area contributed by atoms with E-state index in [2.05, 4.69) is 15.5 Å². The number of hydrogen-bond donors (Lipinski definition) is 2. The summed E-state index contributed by atoms with van der Waals surface area (Å²) in [4.78, 5) is 12.2. The first-order chi connectivity index (χ1) is 12.5. The number of amides is 1. The van der Waals surface area contributed by atoms with E-state index in [1.165, 1.54) is 28.6 Å². The van der Waals surface area contributed by atoms with Crippen molar-refractivity contribution >= 4 is 17.7 Å². The zero-order chi connectivity index (χ0) is 18.5. The van der Waals surface area contributed by atoms with E-state index in [4.69, 9.17) is 5.84 Å². The van der Waals surface area contributed by atoms with Crippen molar-refractivity contribution in [2.75, 3.05) is 11.6 Å². The summed E-state index contributed by atoms with van der Waals surface area (Å²) >= 11 is 1.19. The Kier molecular flexibility index (Phi) is 5.52. The minimum Gasteiger partial charge on any atom is -0.349 e. The molecule has 134 valence electrons. The Labute approximate surface area is 154 Å². The first kappa shape index (κ1) is 17.9. The molecule has 0 fully saturated rings. The molecule has 0 bridgehead atoms. The third-order valence-corrected chi connectivity index (χ3v) is 4.72. The maximum atomic E-state index is 13.0. The molecular weight excluding hydrogens is 353 g/mol. The van der Waals surface area contributed by atoms with Gasteiger partial charge in [-0.05, 0) is 36.8 Å². The van der Waals surface area contributed by atoms with Crippen molar-refractivity contribution in [3.63, 3.8) is 0 Å². The summed E-state index contributed by atoms with van der Waals surface area (Å²) in [5.74, 6) is 6.10. The summed E-state index contributed by atoms with van der Waals surface area (Å²) in [7, 11) is 0. The van der Waals surface area contributed by atoms with Crippen LogP contribution in [0.15, 0.2) is 59.8 Å². The highest BCUT2D eigenvalue weighted by molar-refractivity contribution is 7.99. The van der Waals surface area contributed by atoms with Crippen LogP contribution < -0.4 is 11.2 Å². The largest absolute Gasteiger partial charge is 0.349 e. The highest BCUT2D eigenvalue weighted by Gasteiger charge is 2.15. The van der Waals surface area contributed by atoms with E-state index >= 15 is 0 Å². The third kappa shape index (κ3) is 4.20. The zero-order valence-electron chi connectivity index (χ0n) is 14.1. The monoisotopic (exact) mass is 371 g/mol. The minimum atomic E-state index is -0.337. The number of nitrogens with zero attached hydrogens (tertiary/aromatic N) is 3. The van der Waals surface area contributed by atoms with Gasteiger partial charge in [-0.15, -0.1) is 10.2 Å². The van der Waals surface area contributed by atoms with E-state index in [1.54, 1.807) is 12.1 Å². The summed E-state index contributed by atoms with van der Waals surface area (Å²) in [5.41, 5.74) is 1.68. The van der Waals surface area contributed by atoms with Crippen molar-refractivity contribution in [3.05, 3.63) is 66.0 Å². The van der Waals surface area contributed by atoms with Crippen molar-refractivity contribution in [2.45, 2.75) is 18.1 Å². The molecule has 8 heteroatoms. The quantitative estimate of drug-likeness (QED) is 0.514. The summed E-state index contributed by atoms with van der Waals surface area (Å²) in [5, 5.41) is 11.4. The highest BCUT2D eigenvalue weighted by atomic mass is 32.2. The lowest BCUT2D eigenvalue weighted by Crippen LogP contribution is -2.28. The molecule has 0 spiro atoms. The number of hydrogen-bond acceptors (Lipinski definition) is 5. The maximum absolute atomic E-state index is 13.0. The Morgan fingerprint density at radius 3 is 2.58 bits per heavy atom. The van der Waals surface area contributed by atoms with Gasteiger partial charge in [-0.2, -0.15) is 0 Å². The summed E-state index contributed by atoms with van der Waals surface area (Å²) < 4.78 is 14.3. The van der Waals surface area contributed by atoms with Crippen LogP contribution in [-0.2, 0) is 4.79 Å². The molecule has 1 aromatic heterocycles. The molecule has 2 aromatic carbocycles. The molecule has 0 saturated carbocycles. The number of rotatable bonds is 6. The Morgan fingerprint density at radius 1 is 1.19 bits per heavy atom. The van der Waals surface area contributed by atoms with Crippen molar-refractivity contribution in [1.29, 1.82) is 0 Å². The van der Waals surface area contributed by atoms with E-state index in [9.17, 15) is 9.18 Å². The van der Waals surface area contributed by atoms with Gasteiger partial charge >= 0.3 is 0 Å². The predicted octanol–water partition coefficient (Wildman–Crippen LogP) is 2.77. The summed E-state index contributed by atoms with van der Waals surface area (Å²) in [6.45, 7) is 1.93. The number of nitrogens with one attached hydrogen (secondary N) is 1. The molecule has 0 aliphatic heterocycles. The van der Waals surface area contributed by atoms with Gasteiger partial charge in [0.05, 0.1) is 11.8 Å². The van der Waals surface area contributed by atoms with Crippen LogP contribution in [0.4, 0.5) is 4.39 Å². The number of thioether (sulfide) groups is 1. The van der Waals surface area contributed by atoms with E-state index in [1.807, 2.05) is 37.3 Å². The number of halogens is 1. The number of carbonyl (C=O) groups is 1. The molecule has 1 atom stereocenters. The molecule has 6 nitrogen and oxygen atoms in total. The molecule has 1 heterocycles. The molecular formula is C18H18FN5OS. The van der Waals surface area contributed by atoms with Gasteiger partial charge in [0, 0.05) is 5.56 Å². The van der Waals surface area contributed by atoms with Crippen LogP contribution in [0.2, 0.25) is 0 Å². The molecule has 3 aromatic rings. The molecule has 0 aliphatic carbocycles. The Bertz CT molecular complexity index is 882. The van der Waals surface area contributed by atoms with Gasteiger partial charge in [0.2, 0.25) is 11.1 Å². The van der Waals surface area contributed by atoms with Crippen LogP contribution in [0.5, 0.6) is 0 Å². The predicted molar refractivity (Wildman–Crippen MR) is 99.3 cm³/mol. The molecule has 26 heavy (non-hydrogen) atoms. The fourth-order valence-electron chi connectivity index (χ4n) is 2.41. The average Bonchev–Trinajstić information content (AvgIpc) is 3.02. The standard InChI is InChI=1S/C18H18FN5OS/c1-12(13-5-3-2-4-6-13)21-16(25)11-26-18-23-22-17(24(18)20)14-7-9-15(19)10-8-14/h2-10,12H,11,20H2,1H3,(H,21,25)/t12-/m1/s1. The van der Waals surface area contributed by atoms with Crippen LogP contribution in [0.1, 0.15) is 18.5 Å². The molecule has 0 saturated heterocycles. The average molecular weight is 371 g/mol. The van der Waals surface area contributed by atoms with E-state index < -0.39 is 0 Å². The second-order valence-electron chi connectivity index (χ2n) is 5.67. The fourth-order valence-corrected chi connectivity index (χ4v) is 3.08. The number of benzene rings is 2. The smallest absolute Gasteiger partial charge is 0.230 e. The lowest BCUT2D eigenvalue weighted by Gasteiger charge is -2.13. The molecule has 0 unspecified atom stereocenters. The second kappa shape index (κ2) is 8.01. The third-order valence-electron chi connectivity index (χ3n) is 3.78. The molecule has 0 radical (unpaired) electrons. The Morgan fingerprint density at radius 2 is 1.88 bits per heavy atom. The van der Waals surface area contributed by atoms with Crippen molar-refractivity contribution in [1.82, 2.24) is 20.2 Å². The number of nitrogens with two attached hydrogens (primary N) is 1. The van der Waals surface area contributed by atoms with Crippen LogP contribution >= 0.6 is 11.8 Å². The molecule has 0 aliphatic rings. The van der Waals surface area contributed by atoms with Gasteiger partial charge in [-0.25, -0.2) is 9.07 Å². The number of aromatic nitrogens is 3. The fraction of sp³-hybridized carbons (Fsp3) is 0.167. The summed E-state index contributed by atoms with van der Waals surface area (Å²) in [6, 6.07) is 15.4. The van der Waals surface area contributed by atoms with Gasteiger partial charge in [0.25, 0.3) is 0 Å². The normalized spacial score (nSPS) is 11.9. The lowest BCUT2D eigenvalue weighted by atomic mass is 10.1. The van der Waals surface area contributed by atoms with E-state index in [0.717, 1.165) is 5.56 Å². The second-order valence-corrected chi connectivity index (χ2v) is 6.61. The maximum Gasteiger partial charge on any atom is 0.230 e. The van der Waals surface area contributed by atoms with Crippen molar-refractivity contribution < 1.29 is 9.18 Å². The van der Waals surface area contributed by atoms with Crippen LogP contribution in [0.25, 0.3) is 11.4 Å². The van der Waals surface area contributed by atoms with Crippen molar-refractivity contribution in [2.24, 2.45) is 0 Å². The first-order valence-corrected chi connectivity index (χ1v) is 8.96. The molecule has 1 amide bonds. The van der Waals surface area contributed by atoms with Crippen molar-refractivity contribution in [3.8, 4) is 11.4 Å². The SMILES string of the molecule is C[C@@H](NC(=O)CSc1nnc(-c2ccc(F)cc2)n1N)c1ccccc1. The van der Waals surface area contributed by atoms with Gasteiger partial charge < -0.3 is 11.2 Å². The number of carbonyl (C=O) groups excluding carboxylic acids is 1. The number of nitrogen functional groups attached to an aromatic ring is 1. The Hall–Kier alpha value is -2.87. The molecule has 3 N–H and O–H groups in total. The molecule has 3 rings (SSSR count). The first-order valence-electron chi connectivity index (χ1n) is 7.98. The van der Waals surface area contributed by atoms with Gasteiger partial charge in [0.1, 0.15) is 5.82 Å². The van der Waals surface area contributed by atoms with Crippen LogP contribution in [0, 0.1) is 5.82 Å². The topological polar surface area (TPSA) is 85.8 Å². The Balaban J connectivity index is 1.60. The van der Waals surface area contributed by atoms with Gasteiger partial charge in [0.15, 0.2) is 5.82 Å². The lowest BCUT2D eigenvalue weighted by molar-refractivity contribution is -0.119. The zero-order valence-corrected chi connectivity index (χ0v) is 14.9. The van der Waals surface area contributed by atoms with Crippen LogP contribution in [-0.4, -0.2) is 26.5 Å². The highest BCUT2D eigenvalue weighted by Crippen LogP contribution is 2.22. The van der Waals surface area contributed by atoms with Gasteiger partial charge in [-0.1, -0.05) is 42.1 Å². The van der Waals surface area contributed by atoms with E-state index in [-0.39, 0.29) is 23.5 Å². The van der Waals surface area contributed by atoms with Crippen LogP contribution in [0.3, 0.4) is 0 Å². The van der Waals surface area contributed by atoms with E-state index in [0.29, 0.717) is 16.5 Å².